The highest BCUT2D eigenvalue weighted by Crippen LogP contribution is 2.17. The second-order valence-corrected chi connectivity index (χ2v) is 6.18. The van der Waals surface area contributed by atoms with Gasteiger partial charge in [0.25, 0.3) is 0 Å². The van der Waals surface area contributed by atoms with E-state index in [0.29, 0.717) is 6.61 Å². The maximum atomic E-state index is 10.1. The van der Waals surface area contributed by atoms with Gasteiger partial charge in [0.2, 0.25) is 0 Å². The fraction of sp³-hybridized carbons (Fsp3) is 0.667. The molecule has 0 amide bonds. The monoisotopic (exact) mass is 325 g/mol. The minimum atomic E-state index is -1.38. The zero-order chi connectivity index (χ0) is 17.1. The Morgan fingerprint density at radius 3 is 2.22 bits per heavy atom. The molecule has 23 heavy (non-hydrogen) atoms. The van der Waals surface area contributed by atoms with Crippen molar-refractivity contribution in [1.82, 2.24) is 0 Å². The Balaban J connectivity index is 2.38. The third-order valence-corrected chi connectivity index (χ3v) is 4.12. The third kappa shape index (κ3) is 6.87. The first-order valence-corrected chi connectivity index (χ1v) is 8.46. The standard InChI is InChI=1S/C18H31NO4/c1-2-3-4-5-6-11-23-16-9-7-15(8-10-16)12-17(22)18(19,13-20)14-21/h7-10,17,20-22H,2-6,11-14,19H2,1H3. The molecule has 132 valence electrons. The van der Waals surface area contributed by atoms with E-state index < -0.39 is 24.9 Å². The minimum absolute atomic E-state index is 0.273. The third-order valence-electron chi connectivity index (χ3n) is 4.12. The number of aliphatic hydroxyl groups excluding tert-OH is 3. The van der Waals surface area contributed by atoms with Crippen molar-refractivity contribution in [3.63, 3.8) is 0 Å². The van der Waals surface area contributed by atoms with Gasteiger partial charge in [-0.2, -0.15) is 0 Å². The Kier molecular flexibility index (Phi) is 9.17. The predicted molar refractivity (Wildman–Crippen MR) is 91.5 cm³/mol. The maximum absolute atomic E-state index is 10.1. The quantitative estimate of drug-likeness (QED) is 0.438. The normalized spacial score (nSPS) is 13.1. The molecule has 0 radical (unpaired) electrons. The number of hydrogen-bond acceptors (Lipinski definition) is 5. The second-order valence-electron chi connectivity index (χ2n) is 6.18. The first kappa shape index (κ1) is 19.9. The van der Waals surface area contributed by atoms with Gasteiger partial charge in [0.05, 0.1) is 31.5 Å². The van der Waals surface area contributed by atoms with Crippen molar-refractivity contribution < 1.29 is 20.1 Å². The van der Waals surface area contributed by atoms with Crippen molar-refractivity contribution in [2.75, 3.05) is 19.8 Å². The van der Waals surface area contributed by atoms with Crippen molar-refractivity contribution in [3.8, 4) is 5.75 Å². The molecule has 0 aliphatic rings. The summed E-state index contributed by atoms with van der Waals surface area (Å²) in [5.74, 6) is 0.807. The molecule has 0 bridgehead atoms. The van der Waals surface area contributed by atoms with Crippen LogP contribution in [0.2, 0.25) is 0 Å². The van der Waals surface area contributed by atoms with Crippen LogP contribution in [-0.2, 0) is 6.42 Å². The summed E-state index contributed by atoms with van der Waals surface area (Å²) in [5.41, 5.74) is 5.26. The van der Waals surface area contributed by atoms with Crippen LogP contribution in [0.5, 0.6) is 5.75 Å². The Bertz CT molecular complexity index is 418. The van der Waals surface area contributed by atoms with Gasteiger partial charge >= 0.3 is 0 Å². The molecule has 5 nitrogen and oxygen atoms in total. The molecule has 0 aromatic heterocycles. The number of ether oxygens (including phenoxy) is 1. The highest BCUT2D eigenvalue weighted by molar-refractivity contribution is 5.28. The molecule has 0 aliphatic carbocycles. The van der Waals surface area contributed by atoms with Gasteiger partial charge in [-0.25, -0.2) is 0 Å². The van der Waals surface area contributed by atoms with Crippen LogP contribution in [0.1, 0.15) is 44.6 Å². The highest BCUT2D eigenvalue weighted by Gasteiger charge is 2.32. The maximum Gasteiger partial charge on any atom is 0.119 e. The first-order valence-electron chi connectivity index (χ1n) is 8.46. The van der Waals surface area contributed by atoms with Crippen LogP contribution in [-0.4, -0.2) is 46.8 Å². The van der Waals surface area contributed by atoms with Crippen molar-refractivity contribution >= 4 is 0 Å². The van der Waals surface area contributed by atoms with E-state index in [1.54, 1.807) is 0 Å². The lowest BCUT2D eigenvalue weighted by molar-refractivity contribution is 0.00831. The molecule has 1 aromatic rings. The van der Waals surface area contributed by atoms with Gasteiger partial charge in [0.1, 0.15) is 5.75 Å². The molecule has 0 saturated carbocycles. The predicted octanol–water partition coefficient (Wildman–Crippen LogP) is 1.62. The fourth-order valence-electron chi connectivity index (χ4n) is 2.30. The van der Waals surface area contributed by atoms with E-state index in [-0.39, 0.29) is 6.42 Å². The number of benzene rings is 1. The summed E-state index contributed by atoms with van der Waals surface area (Å²) in [7, 11) is 0. The summed E-state index contributed by atoms with van der Waals surface area (Å²) in [6, 6.07) is 7.46. The van der Waals surface area contributed by atoms with Gasteiger partial charge in [-0.15, -0.1) is 0 Å². The van der Waals surface area contributed by atoms with E-state index >= 15 is 0 Å². The Morgan fingerprint density at radius 2 is 1.65 bits per heavy atom. The largest absolute Gasteiger partial charge is 0.494 e. The number of hydrogen-bond donors (Lipinski definition) is 4. The molecular formula is C18H31NO4. The van der Waals surface area contributed by atoms with Crippen LogP contribution in [0.15, 0.2) is 24.3 Å². The summed E-state index contributed by atoms with van der Waals surface area (Å²) >= 11 is 0. The van der Waals surface area contributed by atoms with Gasteiger partial charge < -0.3 is 25.8 Å². The molecule has 0 saturated heterocycles. The zero-order valence-electron chi connectivity index (χ0n) is 14.1. The number of aliphatic hydroxyl groups is 3. The minimum Gasteiger partial charge on any atom is -0.494 e. The van der Waals surface area contributed by atoms with Crippen molar-refractivity contribution in [2.24, 2.45) is 5.73 Å². The summed E-state index contributed by atoms with van der Waals surface area (Å²) in [6.07, 6.45) is 5.29. The smallest absolute Gasteiger partial charge is 0.119 e. The van der Waals surface area contributed by atoms with Crippen LogP contribution < -0.4 is 10.5 Å². The molecule has 0 fully saturated rings. The second kappa shape index (κ2) is 10.6. The molecule has 1 rings (SSSR count). The lowest BCUT2D eigenvalue weighted by atomic mass is 9.90. The Hall–Kier alpha value is -1.14. The lowest BCUT2D eigenvalue weighted by Gasteiger charge is -2.30. The van der Waals surface area contributed by atoms with Crippen LogP contribution >= 0.6 is 0 Å². The number of nitrogens with two attached hydrogens (primary N) is 1. The molecule has 1 unspecified atom stereocenters. The number of rotatable bonds is 12. The van der Waals surface area contributed by atoms with Crippen LogP contribution in [0.3, 0.4) is 0 Å². The average molecular weight is 325 g/mol. The number of unbranched alkanes of at least 4 members (excludes halogenated alkanes) is 4. The van der Waals surface area contributed by atoms with Crippen LogP contribution in [0, 0.1) is 0 Å². The van der Waals surface area contributed by atoms with E-state index in [2.05, 4.69) is 6.92 Å². The van der Waals surface area contributed by atoms with Gasteiger partial charge in [0.15, 0.2) is 0 Å². The van der Waals surface area contributed by atoms with Gasteiger partial charge in [-0.1, -0.05) is 44.7 Å². The molecule has 0 aliphatic heterocycles. The summed E-state index contributed by atoms with van der Waals surface area (Å²) in [4.78, 5) is 0. The Labute approximate surface area is 139 Å². The van der Waals surface area contributed by atoms with E-state index in [1.807, 2.05) is 24.3 Å². The van der Waals surface area contributed by atoms with E-state index in [1.165, 1.54) is 25.7 Å². The molecule has 0 heterocycles. The van der Waals surface area contributed by atoms with Crippen LogP contribution in [0.25, 0.3) is 0 Å². The topological polar surface area (TPSA) is 95.9 Å². The van der Waals surface area contributed by atoms with Crippen molar-refractivity contribution in [1.29, 1.82) is 0 Å². The summed E-state index contributed by atoms with van der Waals surface area (Å²) < 4.78 is 5.69. The van der Waals surface area contributed by atoms with Gasteiger partial charge in [0, 0.05) is 6.42 Å². The lowest BCUT2D eigenvalue weighted by Crippen LogP contribution is -2.57. The molecule has 1 aromatic carbocycles. The Morgan fingerprint density at radius 1 is 1.04 bits per heavy atom. The fourth-order valence-corrected chi connectivity index (χ4v) is 2.30. The summed E-state index contributed by atoms with van der Waals surface area (Å²) in [6.45, 7) is 1.98. The molecule has 0 spiro atoms. The SMILES string of the molecule is CCCCCCCOc1ccc(CC(O)C(N)(CO)CO)cc1. The van der Waals surface area contributed by atoms with Gasteiger partial charge in [-0.05, 0) is 24.1 Å². The van der Waals surface area contributed by atoms with Gasteiger partial charge in [-0.3, -0.25) is 0 Å². The molecular weight excluding hydrogens is 294 g/mol. The summed E-state index contributed by atoms with van der Waals surface area (Å²) in [5, 5.41) is 28.4. The average Bonchev–Trinajstić information content (AvgIpc) is 2.58. The van der Waals surface area contributed by atoms with Crippen molar-refractivity contribution in [2.45, 2.75) is 57.1 Å². The first-order chi connectivity index (χ1) is 11.1. The molecule has 1 atom stereocenters. The van der Waals surface area contributed by atoms with Crippen LogP contribution in [0.4, 0.5) is 0 Å². The van der Waals surface area contributed by atoms with E-state index in [0.717, 1.165) is 17.7 Å². The van der Waals surface area contributed by atoms with Crippen molar-refractivity contribution in [3.05, 3.63) is 29.8 Å². The van der Waals surface area contributed by atoms with E-state index in [4.69, 9.17) is 10.5 Å². The molecule has 5 heteroatoms. The highest BCUT2D eigenvalue weighted by atomic mass is 16.5. The molecule has 5 N–H and O–H groups in total. The zero-order valence-corrected chi connectivity index (χ0v) is 14.1. The van der Waals surface area contributed by atoms with E-state index in [9.17, 15) is 15.3 Å².